The van der Waals surface area contributed by atoms with E-state index in [9.17, 15) is 0 Å². The fourth-order valence-electron chi connectivity index (χ4n) is 2.64. The lowest BCUT2D eigenvalue weighted by atomic mass is 10.1. The molecule has 1 N–H and O–H groups in total. The SMILES string of the molecule is CNc1nccnc1C1CN(Cc2ccc(C)nc2)CCO1. The van der Waals surface area contributed by atoms with Crippen molar-refractivity contribution < 1.29 is 4.74 Å². The average molecular weight is 299 g/mol. The van der Waals surface area contributed by atoms with Crippen LogP contribution in [0.2, 0.25) is 0 Å². The van der Waals surface area contributed by atoms with Gasteiger partial charge in [-0.25, -0.2) is 4.98 Å². The van der Waals surface area contributed by atoms with E-state index in [2.05, 4.69) is 37.3 Å². The first-order chi connectivity index (χ1) is 10.8. The highest BCUT2D eigenvalue weighted by Gasteiger charge is 2.25. The van der Waals surface area contributed by atoms with E-state index in [1.165, 1.54) is 5.56 Å². The van der Waals surface area contributed by atoms with Gasteiger partial charge >= 0.3 is 0 Å². The molecule has 0 aliphatic carbocycles. The number of nitrogens with one attached hydrogen (secondary N) is 1. The number of rotatable bonds is 4. The number of pyridine rings is 1. The number of morpholine rings is 1. The van der Waals surface area contributed by atoms with Crippen LogP contribution in [0, 0.1) is 6.92 Å². The van der Waals surface area contributed by atoms with Gasteiger partial charge in [0.15, 0.2) is 0 Å². The summed E-state index contributed by atoms with van der Waals surface area (Å²) >= 11 is 0. The van der Waals surface area contributed by atoms with Gasteiger partial charge in [-0.3, -0.25) is 14.9 Å². The summed E-state index contributed by atoms with van der Waals surface area (Å²) in [5.41, 5.74) is 3.14. The predicted molar refractivity (Wildman–Crippen MR) is 84.5 cm³/mol. The normalized spacial score (nSPS) is 19.1. The van der Waals surface area contributed by atoms with Crippen LogP contribution in [-0.2, 0) is 11.3 Å². The Morgan fingerprint density at radius 2 is 2.14 bits per heavy atom. The summed E-state index contributed by atoms with van der Waals surface area (Å²) in [6, 6.07) is 4.18. The van der Waals surface area contributed by atoms with Crippen LogP contribution in [0.4, 0.5) is 5.82 Å². The summed E-state index contributed by atoms with van der Waals surface area (Å²) in [5, 5.41) is 3.08. The molecule has 1 unspecified atom stereocenters. The van der Waals surface area contributed by atoms with Gasteiger partial charge in [0.1, 0.15) is 17.6 Å². The maximum atomic E-state index is 5.89. The van der Waals surface area contributed by atoms with Crippen molar-refractivity contribution in [1.29, 1.82) is 0 Å². The standard InChI is InChI=1S/C16H21N5O/c1-12-3-4-13(9-20-12)10-21-7-8-22-14(11-21)15-16(17-2)19-6-5-18-15/h3-6,9,14H,7-8,10-11H2,1-2H3,(H,17,19). The van der Waals surface area contributed by atoms with Crippen LogP contribution in [0.1, 0.15) is 23.1 Å². The zero-order valence-corrected chi connectivity index (χ0v) is 13.0. The van der Waals surface area contributed by atoms with E-state index in [1.54, 1.807) is 12.4 Å². The van der Waals surface area contributed by atoms with E-state index in [-0.39, 0.29) is 6.10 Å². The summed E-state index contributed by atoms with van der Waals surface area (Å²) in [4.78, 5) is 15.5. The Morgan fingerprint density at radius 1 is 1.27 bits per heavy atom. The molecule has 0 radical (unpaired) electrons. The monoisotopic (exact) mass is 299 g/mol. The lowest BCUT2D eigenvalue weighted by molar-refractivity contribution is -0.0347. The van der Waals surface area contributed by atoms with Crippen LogP contribution in [0.3, 0.4) is 0 Å². The van der Waals surface area contributed by atoms with Crippen molar-refractivity contribution in [2.24, 2.45) is 0 Å². The van der Waals surface area contributed by atoms with Crippen LogP contribution in [-0.4, -0.2) is 46.6 Å². The van der Waals surface area contributed by atoms with E-state index in [4.69, 9.17) is 4.74 Å². The number of hydrogen-bond donors (Lipinski definition) is 1. The van der Waals surface area contributed by atoms with Gasteiger partial charge in [0, 0.05) is 51.0 Å². The molecule has 0 saturated carbocycles. The summed E-state index contributed by atoms with van der Waals surface area (Å²) in [7, 11) is 1.85. The third kappa shape index (κ3) is 3.40. The molecule has 2 aromatic rings. The molecule has 1 atom stereocenters. The van der Waals surface area contributed by atoms with E-state index >= 15 is 0 Å². The number of hydrogen-bond acceptors (Lipinski definition) is 6. The van der Waals surface area contributed by atoms with Crippen molar-refractivity contribution in [3.05, 3.63) is 47.7 Å². The quantitative estimate of drug-likeness (QED) is 0.929. The molecule has 0 aromatic carbocycles. The zero-order chi connectivity index (χ0) is 15.4. The first-order valence-electron chi connectivity index (χ1n) is 7.50. The number of nitrogens with zero attached hydrogens (tertiary/aromatic N) is 4. The number of aryl methyl sites for hydroxylation is 1. The highest BCUT2D eigenvalue weighted by Crippen LogP contribution is 2.25. The number of ether oxygens (including phenoxy) is 1. The second-order valence-electron chi connectivity index (χ2n) is 5.44. The third-order valence-corrected chi connectivity index (χ3v) is 3.80. The molecule has 3 rings (SSSR count). The molecule has 2 aromatic heterocycles. The van der Waals surface area contributed by atoms with Gasteiger partial charge in [-0.15, -0.1) is 0 Å². The molecule has 0 bridgehead atoms. The Morgan fingerprint density at radius 3 is 2.91 bits per heavy atom. The van der Waals surface area contributed by atoms with E-state index < -0.39 is 0 Å². The number of aromatic nitrogens is 3. The van der Waals surface area contributed by atoms with Gasteiger partial charge in [-0.1, -0.05) is 6.07 Å². The summed E-state index contributed by atoms with van der Waals surface area (Å²) in [6.45, 7) is 5.30. The topological polar surface area (TPSA) is 63.2 Å². The minimum atomic E-state index is -0.0525. The molecule has 0 amide bonds. The maximum Gasteiger partial charge on any atom is 0.150 e. The van der Waals surface area contributed by atoms with Crippen molar-refractivity contribution in [2.75, 3.05) is 32.1 Å². The Bertz CT molecular complexity index is 616. The zero-order valence-electron chi connectivity index (χ0n) is 13.0. The Hall–Kier alpha value is -2.05. The Labute approximate surface area is 130 Å². The minimum absolute atomic E-state index is 0.0525. The molecule has 1 aliphatic rings. The Kier molecular flexibility index (Phi) is 4.60. The Balaban J connectivity index is 1.70. The molecule has 1 fully saturated rings. The largest absolute Gasteiger partial charge is 0.372 e. The van der Waals surface area contributed by atoms with E-state index in [0.717, 1.165) is 36.8 Å². The molecule has 1 aliphatic heterocycles. The smallest absolute Gasteiger partial charge is 0.150 e. The van der Waals surface area contributed by atoms with E-state index in [0.29, 0.717) is 6.61 Å². The van der Waals surface area contributed by atoms with Gasteiger partial charge < -0.3 is 10.1 Å². The summed E-state index contributed by atoms with van der Waals surface area (Å²) in [6.07, 6.45) is 5.29. The first kappa shape index (κ1) is 14.9. The van der Waals surface area contributed by atoms with Crippen LogP contribution < -0.4 is 5.32 Å². The highest BCUT2D eigenvalue weighted by atomic mass is 16.5. The van der Waals surface area contributed by atoms with Gasteiger partial charge in [0.05, 0.1) is 6.61 Å². The highest BCUT2D eigenvalue weighted by molar-refractivity contribution is 5.40. The first-order valence-corrected chi connectivity index (χ1v) is 7.50. The van der Waals surface area contributed by atoms with Crippen LogP contribution >= 0.6 is 0 Å². The van der Waals surface area contributed by atoms with Gasteiger partial charge in [0.25, 0.3) is 0 Å². The number of anilines is 1. The van der Waals surface area contributed by atoms with Crippen LogP contribution in [0.25, 0.3) is 0 Å². The van der Waals surface area contributed by atoms with E-state index in [1.807, 2.05) is 20.2 Å². The second kappa shape index (κ2) is 6.81. The molecule has 0 spiro atoms. The third-order valence-electron chi connectivity index (χ3n) is 3.80. The van der Waals surface area contributed by atoms with Crippen molar-refractivity contribution in [3.63, 3.8) is 0 Å². The summed E-state index contributed by atoms with van der Waals surface area (Å²) < 4.78 is 5.89. The predicted octanol–water partition coefficient (Wildman–Crippen LogP) is 1.80. The molecular weight excluding hydrogens is 278 g/mol. The van der Waals surface area contributed by atoms with Crippen LogP contribution in [0.5, 0.6) is 0 Å². The molecule has 116 valence electrons. The van der Waals surface area contributed by atoms with Crippen molar-refractivity contribution in [3.8, 4) is 0 Å². The van der Waals surface area contributed by atoms with Gasteiger partial charge in [0.2, 0.25) is 0 Å². The molecule has 6 heteroatoms. The summed E-state index contributed by atoms with van der Waals surface area (Å²) in [5.74, 6) is 0.784. The van der Waals surface area contributed by atoms with Gasteiger partial charge in [-0.2, -0.15) is 0 Å². The van der Waals surface area contributed by atoms with Crippen LogP contribution in [0.15, 0.2) is 30.7 Å². The molecular formula is C16H21N5O. The molecule has 3 heterocycles. The second-order valence-corrected chi connectivity index (χ2v) is 5.44. The minimum Gasteiger partial charge on any atom is -0.372 e. The molecule has 1 saturated heterocycles. The lowest BCUT2D eigenvalue weighted by Crippen LogP contribution is -2.38. The van der Waals surface area contributed by atoms with Crippen molar-refractivity contribution in [2.45, 2.75) is 19.6 Å². The average Bonchev–Trinajstić information content (AvgIpc) is 2.57. The van der Waals surface area contributed by atoms with Gasteiger partial charge in [-0.05, 0) is 18.6 Å². The molecule has 6 nitrogen and oxygen atoms in total. The maximum absolute atomic E-state index is 5.89. The molecule has 22 heavy (non-hydrogen) atoms. The fraction of sp³-hybridized carbons (Fsp3) is 0.438. The van der Waals surface area contributed by atoms with Crippen molar-refractivity contribution >= 4 is 5.82 Å². The lowest BCUT2D eigenvalue weighted by Gasteiger charge is -2.33. The fourth-order valence-corrected chi connectivity index (χ4v) is 2.64. The van der Waals surface area contributed by atoms with Crippen molar-refractivity contribution in [1.82, 2.24) is 19.9 Å².